The number of benzene rings is 1. The Morgan fingerprint density at radius 2 is 1.83 bits per heavy atom. The van der Waals surface area contributed by atoms with Crippen LogP contribution in [0.4, 0.5) is 10.5 Å². The van der Waals surface area contributed by atoms with Gasteiger partial charge >= 0.3 is 35.6 Å². The second-order valence-corrected chi connectivity index (χ2v) is 12.9. The Bertz CT molecular complexity index is 1340. The van der Waals surface area contributed by atoms with Gasteiger partial charge in [0.2, 0.25) is 0 Å². The number of ether oxygens (including phenoxy) is 1. The Morgan fingerprint density at radius 1 is 1.14 bits per heavy atom. The third-order valence-corrected chi connectivity index (χ3v) is 10.7. The zero-order valence-corrected chi connectivity index (χ0v) is 24.1. The standard InChI is InChI=1S/C25H28N4O4S2.Na.H/c26-10-21-20-7-8-29(11-15-13-33-14-15)12-22(20)34-24(21)35(31,32)28-25(30)27-23-18-5-1-3-16(18)9-17-4-2-6-19(17)23;;/h9,15H,1-8,11-14H2,(H2,27,28,30);;/q;+1;-1. The fourth-order valence-corrected chi connectivity index (χ4v) is 8.68. The Labute approximate surface area is 239 Å². The number of amides is 2. The van der Waals surface area contributed by atoms with E-state index in [-0.39, 0.29) is 40.8 Å². The van der Waals surface area contributed by atoms with Gasteiger partial charge < -0.3 is 11.5 Å². The van der Waals surface area contributed by atoms with E-state index in [0.29, 0.717) is 18.9 Å². The summed E-state index contributed by atoms with van der Waals surface area (Å²) in [4.78, 5) is 16.1. The molecular formula is C25H29N4NaO4S2. The maximum Gasteiger partial charge on any atom is 1.00 e. The molecule has 2 aliphatic heterocycles. The van der Waals surface area contributed by atoms with Crippen molar-refractivity contribution in [2.24, 2.45) is 5.92 Å². The quantitative estimate of drug-likeness (QED) is 0.530. The van der Waals surface area contributed by atoms with Crippen molar-refractivity contribution in [3.05, 3.63) is 44.3 Å². The van der Waals surface area contributed by atoms with Crippen molar-refractivity contribution in [3.63, 3.8) is 0 Å². The van der Waals surface area contributed by atoms with Crippen LogP contribution in [0.3, 0.4) is 0 Å². The van der Waals surface area contributed by atoms with Crippen molar-refractivity contribution < 1.29 is 48.9 Å². The maximum atomic E-state index is 13.3. The number of fused-ring (bicyclic) bond motifs is 3. The molecule has 0 radical (unpaired) electrons. The second-order valence-electron chi connectivity index (χ2n) is 9.96. The van der Waals surface area contributed by atoms with Crippen molar-refractivity contribution in [2.75, 3.05) is 31.6 Å². The van der Waals surface area contributed by atoms with Gasteiger partial charge in [-0.05, 0) is 72.8 Å². The molecule has 6 rings (SSSR count). The average molecular weight is 537 g/mol. The second kappa shape index (κ2) is 10.4. The van der Waals surface area contributed by atoms with Crippen LogP contribution in [-0.2, 0) is 53.4 Å². The van der Waals surface area contributed by atoms with Gasteiger partial charge in [-0.15, -0.1) is 11.3 Å². The number of nitrogens with zero attached hydrogens (tertiary/aromatic N) is 2. The van der Waals surface area contributed by atoms with Crippen LogP contribution in [0, 0.1) is 17.2 Å². The molecule has 1 aromatic carbocycles. The fourth-order valence-electron chi connectivity index (χ4n) is 5.92. The first-order valence-corrected chi connectivity index (χ1v) is 14.6. The first kappa shape index (κ1) is 26.2. The molecule has 0 saturated carbocycles. The van der Waals surface area contributed by atoms with Crippen LogP contribution in [0.15, 0.2) is 10.3 Å². The molecule has 11 heteroatoms. The van der Waals surface area contributed by atoms with Crippen LogP contribution in [0.25, 0.3) is 0 Å². The third-order valence-electron chi connectivity index (χ3n) is 7.62. The predicted octanol–water partition coefficient (Wildman–Crippen LogP) is 0.229. The van der Waals surface area contributed by atoms with Crippen LogP contribution in [-0.4, -0.2) is 45.7 Å². The van der Waals surface area contributed by atoms with Crippen molar-refractivity contribution in [1.29, 1.82) is 5.26 Å². The fraction of sp³-hybridized carbons (Fsp3) is 0.520. The molecule has 2 amide bonds. The van der Waals surface area contributed by atoms with Gasteiger partial charge in [0.15, 0.2) is 4.21 Å². The average Bonchev–Trinajstić information content (AvgIpc) is 3.53. The van der Waals surface area contributed by atoms with Crippen LogP contribution in [0.1, 0.15) is 52.5 Å². The number of hydrogen-bond acceptors (Lipinski definition) is 7. The van der Waals surface area contributed by atoms with Gasteiger partial charge in [0.1, 0.15) is 6.07 Å². The Morgan fingerprint density at radius 3 is 2.44 bits per heavy atom. The Hall–Kier alpha value is -1.45. The number of carbonyl (C=O) groups excluding carboxylic acids is 1. The number of carbonyl (C=O) groups is 1. The minimum absolute atomic E-state index is 0. The van der Waals surface area contributed by atoms with Crippen LogP contribution in [0.5, 0.6) is 0 Å². The van der Waals surface area contributed by atoms with Crippen molar-refractivity contribution in [1.82, 2.24) is 9.62 Å². The SMILES string of the molecule is N#Cc1c(S(=O)(=O)NC(=O)Nc2c3c(cc4c2CCC4)CCC3)sc2c1CCN(CC1COC1)C2.[H-].[Na+]. The summed E-state index contributed by atoms with van der Waals surface area (Å²) in [6, 6.07) is 3.60. The number of sulfonamides is 1. The summed E-state index contributed by atoms with van der Waals surface area (Å²) in [7, 11) is -4.18. The van der Waals surface area contributed by atoms with E-state index >= 15 is 0 Å². The Kier molecular flexibility index (Phi) is 7.54. The van der Waals surface area contributed by atoms with E-state index in [1.54, 1.807) is 0 Å². The molecule has 0 unspecified atom stereocenters. The number of hydrogen-bond donors (Lipinski definition) is 2. The molecule has 2 aliphatic carbocycles. The van der Waals surface area contributed by atoms with E-state index in [4.69, 9.17) is 4.74 Å². The monoisotopic (exact) mass is 536 g/mol. The van der Waals surface area contributed by atoms with Crippen LogP contribution < -0.4 is 39.6 Å². The first-order chi connectivity index (χ1) is 16.9. The summed E-state index contributed by atoms with van der Waals surface area (Å²) in [6.07, 6.45) is 6.50. The minimum atomic E-state index is -4.18. The number of aryl methyl sites for hydroxylation is 2. The summed E-state index contributed by atoms with van der Waals surface area (Å²) < 4.78 is 33.9. The maximum absolute atomic E-state index is 13.3. The van der Waals surface area contributed by atoms with Crippen molar-refractivity contribution >= 4 is 33.1 Å². The number of urea groups is 1. The van der Waals surface area contributed by atoms with Crippen LogP contribution in [0.2, 0.25) is 0 Å². The summed E-state index contributed by atoms with van der Waals surface area (Å²) in [6.45, 7) is 3.85. The summed E-state index contributed by atoms with van der Waals surface area (Å²) in [5.74, 6) is 0.515. The molecule has 2 N–H and O–H groups in total. The van der Waals surface area contributed by atoms with E-state index in [1.807, 2.05) is 0 Å². The molecular weight excluding hydrogens is 507 g/mol. The van der Waals surface area contributed by atoms with Gasteiger partial charge in [-0.2, -0.15) is 5.26 Å². The molecule has 0 atom stereocenters. The van der Waals surface area contributed by atoms with E-state index in [9.17, 15) is 18.5 Å². The smallest absolute Gasteiger partial charge is 1.00 e. The van der Waals surface area contributed by atoms with Gasteiger partial charge in [-0.25, -0.2) is 17.9 Å². The van der Waals surface area contributed by atoms with E-state index in [0.717, 1.165) is 103 Å². The molecule has 4 aliphatic rings. The Balaban J connectivity index is 0.00000160. The molecule has 1 fully saturated rings. The summed E-state index contributed by atoms with van der Waals surface area (Å²) in [5.41, 5.74) is 6.58. The normalized spacial score (nSPS) is 18.9. The van der Waals surface area contributed by atoms with Gasteiger partial charge in [0.05, 0.1) is 18.8 Å². The molecule has 1 saturated heterocycles. The molecule has 1 aromatic heterocycles. The summed E-state index contributed by atoms with van der Waals surface area (Å²) >= 11 is 1.11. The van der Waals surface area contributed by atoms with Gasteiger partial charge in [0, 0.05) is 36.1 Å². The molecule has 8 nitrogen and oxygen atoms in total. The van der Waals surface area contributed by atoms with Crippen LogP contribution >= 0.6 is 11.3 Å². The molecule has 0 spiro atoms. The van der Waals surface area contributed by atoms with E-state index in [2.05, 4.69) is 27.1 Å². The van der Waals surface area contributed by atoms with Crippen molar-refractivity contribution in [2.45, 2.75) is 55.7 Å². The zero-order chi connectivity index (χ0) is 24.2. The number of anilines is 1. The number of rotatable bonds is 5. The van der Waals surface area contributed by atoms with E-state index in [1.165, 1.54) is 11.1 Å². The van der Waals surface area contributed by atoms with Crippen molar-refractivity contribution in [3.8, 4) is 6.07 Å². The predicted molar refractivity (Wildman–Crippen MR) is 133 cm³/mol. The minimum Gasteiger partial charge on any atom is -1.00 e. The molecule has 3 heterocycles. The van der Waals surface area contributed by atoms with Gasteiger partial charge in [-0.1, -0.05) is 6.07 Å². The topological polar surface area (TPSA) is 112 Å². The number of nitriles is 1. The van der Waals surface area contributed by atoms with Gasteiger partial charge in [-0.3, -0.25) is 4.90 Å². The number of nitrogens with one attached hydrogen (secondary N) is 2. The molecule has 0 bridgehead atoms. The van der Waals surface area contributed by atoms with Gasteiger partial charge in [0.25, 0.3) is 10.0 Å². The molecule has 36 heavy (non-hydrogen) atoms. The summed E-state index contributed by atoms with van der Waals surface area (Å²) in [5, 5.41) is 12.7. The zero-order valence-electron chi connectivity index (χ0n) is 21.5. The molecule has 2 aromatic rings. The number of thiophene rings is 1. The first-order valence-electron chi connectivity index (χ1n) is 12.3. The molecule has 186 valence electrons. The van der Waals surface area contributed by atoms with E-state index < -0.39 is 16.1 Å². The third kappa shape index (κ3) is 4.75. The largest absolute Gasteiger partial charge is 1.00 e.